The molecule has 454 valence electrons. The van der Waals surface area contributed by atoms with Crippen LogP contribution in [0.1, 0.15) is 361 Å². The maximum absolute atomic E-state index is 13.0. The molecule has 0 aromatic rings. The van der Waals surface area contributed by atoms with Crippen LogP contribution in [0, 0.1) is 0 Å². The number of aliphatic hydroxyl groups is 1. The number of phosphoric ester groups is 1. The lowest BCUT2D eigenvalue weighted by Gasteiger charge is -2.30. The third kappa shape index (κ3) is 60.9. The van der Waals surface area contributed by atoms with Crippen molar-refractivity contribution in [1.29, 1.82) is 0 Å². The molecule has 0 spiro atoms. The van der Waals surface area contributed by atoms with Gasteiger partial charge in [0.15, 0.2) is 0 Å². The lowest BCUT2D eigenvalue weighted by atomic mass is 10.0. The highest BCUT2D eigenvalue weighted by molar-refractivity contribution is 7.45. The van der Waals surface area contributed by atoms with Crippen molar-refractivity contribution in [3.63, 3.8) is 0 Å². The van der Waals surface area contributed by atoms with Gasteiger partial charge in [0.1, 0.15) is 13.2 Å². The number of quaternary nitrogens is 1. The lowest BCUT2D eigenvalue weighted by molar-refractivity contribution is -0.870. The topological polar surface area (TPSA) is 108 Å². The number of rotatable bonds is 64. The van der Waals surface area contributed by atoms with E-state index in [0.717, 1.165) is 38.5 Å². The number of likely N-dealkylation sites (N-methyl/N-ethyl adjacent to an activating group) is 1. The van der Waals surface area contributed by atoms with E-state index in [-0.39, 0.29) is 19.1 Å². The van der Waals surface area contributed by atoms with Gasteiger partial charge in [-0.05, 0) is 38.5 Å². The molecule has 3 unspecified atom stereocenters. The minimum absolute atomic E-state index is 0.0157. The summed E-state index contributed by atoms with van der Waals surface area (Å²) in [6.45, 7) is 4.79. The van der Waals surface area contributed by atoms with Crippen LogP contribution < -0.4 is 10.2 Å². The maximum atomic E-state index is 13.0. The van der Waals surface area contributed by atoms with Crippen LogP contribution in [0.2, 0.25) is 0 Å². The first-order valence-electron chi connectivity index (χ1n) is 34.0. The summed E-state index contributed by atoms with van der Waals surface area (Å²) in [6, 6.07) is -0.798. The van der Waals surface area contributed by atoms with E-state index in [1.54, 1.807) is 0 Å². The molecule has 9 heteroatoms. The summed E-state index contributed by atoms with van der Waals surface area (Å²) in [5.41, 5.74) is 0. The highest BCUT2D eigenvalue weighted by Gasteiger charge is 2.24. The van der Waals surface area contributed by atoms with Crippen LogP contribution in [0.15, 0.2) is 12.2 Å². The molecule has 0 bridgehead atoms. The molecule has 0 aliphatic rings. The van der Waals surface area contributed by atoms with E-state index in [0.29, 0.717) is 23.9 Å². The summed E-state index contributed by atoms with van der Waals surface area (Å²) in [5.74, 6) is -0.156. The number of nitrogens with one attached hydrogen (secondary N) is 1. The van der Waals surface area contributed by atoms with Crippen LogP contribution in [0.4, 0.5) is 0 Å². The van der Waals surface area contributed by atoms with E-state index in [1.807, 2.05) is 21.1 Å². The van der Waals surface area contributed by atoms with Crippen LogP contribution in [-0.2, 0) is 18.4 Å². The van der Waals surface area contributed by atoms with Gasteiger partial charge in [-0.2, -0.15) is 0 Å². The van der Waals surface area contributed by atoms with Gasteiger partial charge in [-0.3, -0.25) is 9.36 Å². The van der Waals surface area contributed by atoms with Crippen LogP contribution in [-0.4, -0.2) is 68.5 Å². The molecule has 0 aromatic heterocycles. The van der Waals surface area contributed by atoms with Crippen molar-refractivity contribution in [2.45, 2.75) is 373 Å². The number of hydrogen-bond acceptors (Lipinski definition) is 6. The lowest BCUT2D eigenvalue weighted by Crippen LogP contribution is -2.46. The zero-order valence-corrected chi connectivity index (χ0v) is 52.9. The Hall–Kier alpha value is -0.760. The third-order valence-corrected chi connectivity index (χ3v) is 17.0. The average Bonchev–Trinajstić information content (AvgIpc) is 3.38. The first-order chi connectivity index (χ1) is 37.0. The predicted octanol–water partition coefficient (Wildman–Crippen LogP) is 20.7. The molecule has 0 heterocycles. The van der Waals surface area contributed by atoms with Crippen molar-refractivity contribution in [2.75, 3.05) is 40.9 Å². The molecule has 3 atom stereocenters. The Morgan fingerprint density at radius 2 is 0.724 bits per heavy atom. The zero-order chi connectivity index (χ0) is 55.6. The van der Waals surface area contributed by atoms with E-state index >= 15 is 0 Å². The van der Waals surface area contributed by atoms with Crippen LogP contribution >= 0.6 is 7.82 Å². The van der Waals surface area contributed by atoms with Crippen LogP contribution in [0.5, 0.6) is 0 Å². The zero-order valence-electron chi connectivity index (χ0n) is 52.0. The number of nitrogens with zero attached hydrogens (tertiary/aromatic N) is 1. The number of phosphoric acid groups is 1. The van der Waals surface area contributed by atoms with Gasteiger partial charge in [-0.15, -0.1) is 0 Å². The number of carbonyl (C=O) groups is 1. The highest BCUT2D eigenvalue weighted by Crippen LogP contribution is 2.38. The molecular formula is C67H135N2O6P. The number of hydrogen-bond donors (Lipinski definition) is 2. The second-order valence-electron chi connectivity index (χ2n) is 24.9. The van der Waals surface area contributed by atoms with E-state index in [4.69, 9.17) is 9.05 Å². The first kappa shape index (κ1) is 75.2. The van der Waals surface area contributed by atoms with Gasteiger partial charge < -0.3 is 28.8 Å². The summed E-state index contributed by atoms with van der Waals surface area (Å²) in [5, 5.41) is 14.1. The maximum Gasteiger partial charge on any atom is 0.268 e. The Morgan fingerprint density at radius 1 is 0.447 bits per heavy atom. The Balaban J connectivity index is 4.02. The van der Waals surface area contributed by atoms with Crippen molar-refractivity contribution in [3.8, 4) is 0 Å². The SMILES string of the molecule is CCCCCCCCCC/C=C\CCCCCCCCCCCCCCCCCCCC(=O)NC(COP(=O)([O-])OCC[N+](C)(C)C)C(O)CCCCCCCCCCCCCCCCCCCCCCCCCCC. The molecular weight excluding hydrogens is 960 g/mol. The van der Waals surface area contributed by atoms with Crippen molar-refractivity contribution in [3.05, 3.63) is 12.2 Å². The predicted molar refractivity (Wildman–Crippen MR) is 330 cm³/mol. The molecule has 1 amide bonds. The number of aliphatic hydroxyl groups excluding tert-OH is 1. The van der Waals surface area contributed by atoms with Gasteiger partial charge in [0.25, 0.3) is 7.82 Å². The van der Waals surface area contributed by atoms with Gasteiger partial charge in [0.2, 0.25) is 5.91 Å². The molecule has 0 saturated carbocycles. The van der Waals surface area contributed by atoms with Crippen molar-refractivity contribution in [1.82, 2.24) is 5.32 Å². The number of carbonyl (C=O) groups excluding carboxylic acids is 1. The first-order valence-corrected chi connectivity index (χ1v) is 35.5. The monoisotopic (exact) mass is 1100 g/mol. The molecule has 8 nitrogen and oxygen atoms in total. The van der Waals surface area contributed by atoms with Gasteiger partial charge >= 0.3 is 0 Å². The van der Waals surface area contributed by atoms with Crippen molar-refractivity contribution < 1.29 is 32.9 Å². The standard InChI is InChI=1S/C67H135N2O6P/c1-6-8-10-12-14-16-18-20-22-24-26-28-30-32-33-34-35-37-39-41-43-45-47-49-51-53-55-57-59-61-67(71)68-65(64-75-76(72,73)74-63-62-69(3,4)5)66(70)60-58-56-54-52-50-48-46-44-42-40-38-36-31-29-27-25-23-21-19-17-15-13-11-9-7-2/h24,26,65-66,70H,6-23,25,27-64H2,1-5H3,(H-,68,71,72,73)/b26-24-. The highest BCUT2D eigenvalue weighted by atomic mass is 31.2. The summed E-state index contributed by atoms with van der Waals surface area (Å²) >= 11 is 0. The molecule has 0 rings (SSSR count). The Labute approximate surface area is 475 Å². The van der Waals surface area contributed by atoms with Crippen LogP contribution in [0.3, 0.4) is 0 Å². The summed E-state index contributed by atoms with van der Waals surface area (Å²) in [7, 11) is 1.33. The van der Waals surface area contributed by atoms with Gasteiger partial charge in [0, 0.05) is 6.42 Å². The number of amides is 1. The second-order valence-corrected chi connectivity index (χ2v) is 26.3. The van der Waals surface area contributed by atoms with Gasteiger partial charge in [-0.1, -0.05) is 328 Å². The second kappa shape index (κ2) is 58.9. The third-order valence-electron chi connectivity index (χ3n) is 16.0. The Morgan fingerprint density at radius 3 is 1.03 bits per heavy atom. The van der Waals surface area contributed by atoms with E-state index in [1.165, 1.54) is 295 Å². The van der Waals surface area contributed by atoms with Crippen molar-refractivity contribution in [2.24, 2.45) is 0 Å². The summed E-state index contributed by atoms with van der Waals surface area (Å²) in [4.78, 5) is 25.6. The van der Waals surface area contributed by atoms with Crippen molar-refractivity contribution >= 4 is 13.7 Å². The van der Waals surface area contributed by atoms with Gasteiger partial charge in [0.05, 0.1) is 39.9 Å². The summed E-state index contributed by atoms with van der Waals surface area (Å²) in [6.07, 6.45) is 74.2. The van der Waals surface area contributed by atoms with E-state index in [9.17, 15) is 19.4 Å². The molecule has 0 saturated heterocycles. The average molecular weight is 1100 g/mol. The molecule has 76 heavy (non-hydrogen) atoms. The van der Waals surface area contributed by atoms with Gasteiger partial charge in [-0.25, -0.2) is 0 Å². The smallest absolute Gasteiger partial charge is 0.268 e. The normalized spacial score (nSPS) is 13.7. The Kier molecular flexibility index (Phi) is 58.3. The Bertz CT molecular complexity index is 1240. The largest absolute Gasteiger partial charge is 0.756 e. The number of unbranched alkanes of at least 4 members (excludes halogenated alkanes) is 49. The minimum Gasteiger partial charge on any atom is -0.756 e. The molecule has 0 aliphatic heterocycles. The fourth-order valence-corrected chi connectivity index (χ4v) is 11.4. The fourth-order valence-electron chi connectivity index (χ4n) is 10.7. The minimum atomic E-state index is -4.58. The molecule has 0 radical (unpaired) electrons. The summed E-state index contributed by atoms with van der Waals surface area (Å²) < 4.78 is 23.5. The van der Waals surface area contributed by atoms with E-state index < -0.39 is 20.0 Å². The number of allylic oxidation sites excluding steroid dienone is 2. The fraction of sp³-hybridized carbons (Fsp3) is 0.955. The quantitative estimate of drug-likeness (QED) is 0.0272. The molecule has 2 N–H and O–H groups in total. The van der Waals surface area contributed by atoms with E-state index in [2.05, 4.69) is 31.3 Å². The molecule has 0 fully saturated rings. The van der Waals surface area contributed by atoms with Crippen LogP contribution in [0.25, 0.3) is 0 Å². The molecule has 0 aliphatic carbocycles. The molecule has 0 aromatic carbocycles.